The van der Waals surface area contributed by atoms with Crippen molar-refractivity contribution in [2.24, 2.45) is 0 Å². The average molecular weight is 257 g/mol. The van der Waals surface area contributed by atoms with Crippen LogP contribution in [0.3, 0.4) is 0 Å². The molecule has 0 aromatic carbocycles. The van der Waals surface area contributed by atoms with E-state index >= 15 is 0 Å². The van der Waals surface area contributed by atoms with Crippen molar-refractivity contribution in [3.05, 3.63) is 17.5 Å². The zero-order chi connectivity index (χ0) is 11.5. The number of likely N-dealkylation sites (N-methyl/N-ethyl adjacent to an activating group) is 1. The molecule has 0 aliphatic carbocycles. The van der Waals surface area contributed by atoms with Gasteiger partial charge in [-0.3, -0.25) is 0 Å². The molecule has 1 aromatic rings. The molecule has 1 N–H and O–H groups in total. The van der Waals surface area contributed by atoms with Gasteiger partial charge in [0.1, 0.15) is 0 Å². The Hall–Kier alpha value is -0.870. The average Bonchev–Trinajstić information content (AvgIpc) is 2.28. The molecule has 4 nitrogen and oxygen atoms in total. The number of halogens is 1. The van der Waals surface area contributed by atoms with Crippen molar-refractivity contribution in [1.82, 2.24) is 15.3 Å². The first-order valence-corrected chi connectivity index (χ1v) is 5.93. The molecule has 5 heteroatoms. The Morgan fingerprint density at radius 1 is 1.29 bits per heavy atom. The summed E-state index contributed by atoms with van der Waals surface area (Å²) in [6.45, 7) is 6.13. The molecule has 0 bridgehead atoms. The SMILES string of the molecule is CNC1CCCN(c2nc(C)cc(C)n2)C1.Cl. The van der Waals surface area contributed by atoms with Crippen LogP contribution in [0.15, 0.2) is 6.07 Å². The van der Waals surface area contributed by atoms with Gasteiger partial charge in [-0.2, -0.15) is 0 Å². The fourth-order valence-electron chi connectivity index (χ4n) is 2.24. The van der Waals surface area contributed by atoms with Gasteiger partial charge in [-0.05, 0) is 39.8 Å². The van der Waals surface area contributed by atoms with Crippen LogP contribution in [0.2, 0.25) is 0 Å². The smallest absolute Gasteiger partial charge is 0.225 e. The van der Waals surface area contributed by atoms with E-state index in [9.17, 15) is 0 Å². The van der Waals surface area contributed by atoms with Gasteiger partial charge in [0, 0.05) is 30.5 Å². The molecule has 1 saturated heterocycles. The van der Waals surface area contributed by atoms with Gasteiger partial charge < -0.3 is 10.2 Å². The van der Waals surface area contributed by atoms with E-state index in [-0.39, 0.29) is 12.4 Å². The van der Waals surface area contributed by atoms with Crippen LogP contribution in [0.5, 0.6) is 0 Å². The molecule has 1 aliphatic rings. The number of nitrogens with one attached hydrogen (secondary N) is 1. The summed E-state index contributed by atoms with van der Waals surface area (Å²) in [5, 5.41) is 3.34. The molecule has 1 atom stereocenters. The van der Waals surface area contributed by atoms with Gasteiger partial charge in [-0.15, -0.1) is 12.4 Å². The topological polar surface area (TPSA) is 41.0 Å². The Morgan fingerprint density at radius 2 is 1.94 bits per heavy atom. The highest BCUT2D eigenvalue weighted by Gasteiger charge is 2.20. The molecular weight excluding hydrogens is 236 g/mol. The van der Waals surface area contributed by atoms with Crippen LogP contribution in [-0.2, 0) is 0 Å². The van der Waals surface area contributed by atoms with Crippen LogP contribution in [0.25, 0.3) is 0 Å². The predicted molar refractivity (Wildman–Crippen MR) is 73.0 cm³/mol. The third-order valence-corrected chi connectivity index (χ3v) is 3.08. The summed E-state index contributed by atoms with van der Waals surface area (Å²) < 4.78 is 0. The third kappa shape index (κ3) is 3.54. The predicted octanol–water partition coefficient (Wildman–Crippen LogP) is 1.70. The van der Waals surface area contributed by atoms with Crippen LogP contribution >= 0.6 is 12.4 Å². The lowest BCUT2D eigenvalue weighted by Gasteiger charge is -2.32. The number of nitrogens with zero attached hydrogens (tertiary/aromatic N) is 3. The molecular formula is C12H21ClN4. The number of piperidine rings is 1. The van der Waals surface area contributed by atoms with E-state index in [0.717, 1.165) is 30.4 Å². The van der Waals surface area contributed by atoms with Gasteiger partial charge in [0.15, 0.2) is 0 Å². The first-order chi connectivity index (χ1) is 7.69. The Balaban J connectivity index is 0.00000144. The lowest BCUT2D eigenvalue weighted by molar-refractivity contribution is 0.445. The zero-order valence-electron chi connectivity index (χ0n) is 10.7. The van der Waals surface area contributed by atoms with Gasteiger partial charge in [0.25, 0.3) is 0 Å². The summed E-state index contributed by atoms with van der Waals surface area (Å²) in [6.07, 6.45) is 2.46. The number of aryl methyl sites for hydroxylation is 2. The number of hydrogen-bond acceptors (Lipinski definition) is 4. The lowest BCUT2D eigenvalue weighted by atomic mass is 10.1. The van der Waals surface area contributed by atoms with E-state index in [1.807, 2.05) is 27.0 Å². The van der Waals surface area contributed by atoms with Crippen LogP contribution in [0, 0.1) is 13.8 Å². The first kappa shape index (κ1) is 14.2. The molecule has 0 radical (unpaired) electrons. The molecule has 2 heterocycles. The Bertz CT molecular complexity index is 349. The highest BCUT2D eigenvalue weighted by molar-refractivity contribution is 5.85. The van der Waals surface area contributed by atoms with E-state index in [1.54, 1.807) is 0 Å². The number of rotatable bonds is 2. The highest BCUT2D eigenvalue weighted by Crippen LogP contribution is 2.16. The minimum Gasteiger partial charge on any atom is -0.339 e. The highest BCUT2D eigenvalue weighted by atomic mass is 35.5. The van der Waals surface area contributed by atoms with Gasteiger partial charge in [0.2, 0.25) is 5.95 Å². The summed E-state index contributed by atoms with van der Waals surface area (Å²) >= 11 is 0. The van der Waals surface area contributed by atoms with Crippen molar-refractivity contribution in [3.8, 4) is 0 Å². The summed E-state index contributed by atoms with van der Waals surface area (Å²) in [7, 11) is 2.02. The molecule has 0 spiro atoms. The summed E-state index contributed by atoms with van der Waals surface area (Å²) in [6, 6.07) is 2.58. The number of anilines is 1. The Kier molecular flexibility index (Phi) is 5.15. The maximum Gasteiger partial charge on any atom is 0.225 e. The second kappa shape index (κ2) is 6.17. The number of hydrogen-bond donors (Lipinski definition) is 1. The molecule has 0 saturated carbocycles. The zero-order valence-corrected chi connectivity index (χ0v) is 11.5. The summed E-state index contributed by atoms with van der Waals surface area (Å²) in [4.78, 5) is 11.3. The first-order valence-electron chi connectivity index (χ1n) is 5.93. The fraction of sp³-hybridized carbons (Fsp3) is 0.667. The van der Waals surface area contributed by atoms with E-state index in [2.05, 4.69) is 20.2 Å². The molecule has 1 fully saturated rings. The van der Waals surface area contributed by atoms with Crippen molar-refractivity contribution in [3.63, 3.8) is 0 Å². The molecule has 2 rings (SSSR count). The molecule has 17 heavy (non-hydrogen) atoms. The van der Waals surface area contributed by atoms with Crippen LogP contribution in [0.4, 0.5) is 5.95 Å². The van der Waals surface area contributed by atoms with Crippen molar-refractivity contribution in [1.29, 1.82) is 0 Å². The maximum absolute atomic E-state index is 4.51. The molecule has 1 aliphatic heterocycles. The van der Waals surface area contributed by atoms with E-state index < -0.39 is 0 Å². The van der Waals surface area contributed by atoms with Gasteiger partial charge in [0.05, 0.1) is 0 Å². The summed E-state index contributed by atoms with van der Waals surface area (Å²) in [5.41, 5.74) is 2.10. The van der Waals surface area contributed by atoms with Crippen molar-refractivity contribution < 1.29 is 0 Å². The lowest BCUT2D eigenvalue weighted by Crippen LogP contribution is -2.45. The second-order valence-electron chi connectivity index (χ2n) is 4.52. The molecule has 96 valence electrons. The monoisotopic (exact) mass is 256 g/mol. The van der Waals surface area contributed by atoms with E-state index in [1.165, 1.54) is 12.8 Å². The number of aromatic nitrogens is 2. The van der Waals surface area contributed by atoms with Crippen molar-refractivity contribution in [2.45, 2.75) is 32.7 Å². The van der Waals surface area contributed by atoms with Crippen molar-refractivity contribution >= 4 is 18.4 Å². The minimum absolute atomic E-state index is 0. The van der Waals surface area contributed by atoms with E-state index in [0.29, 0.717) is 6.04 Å². The van der Waals surface area contributed by atoms with Gasteiger partial charge >= 0.3 is 0 Å². The van der Waals surface area contributed by atoms with E-state index in [4.69, 9.17) is 0 Å². The van der Waals surface area contributed by atoms with Gasteiger partial charge in [-0.25, -0.2) is 9.97 Å². The molecule has 0 amide bonds. The fourth-order valence-corrected chi connectivity index (χ4v) is 2.24. The van der Waals surface area contributed by atoms with Gasteiger partial charge in [-0.1, -0.05) is 0 Å². The Labute approximate surface area is 109 Å². The van der Waals surface area contributed by atoms with Crippen molar-refractivity contribution in [2.75, 3.05) is 25.0 Å². The minimum atomic E-state index is 0. The van der Waals surface area contributed by atoms with Crippen LogP contribution < -0.4 is 10.2 Å². The standard InChI is InChI=1S/C12H20N4.ClH/c1-9-7-10(2)15-12(14-9)16-6-4-5-11(8-16)13-3;/h7,11,13H,4-6,8H2,1-3H3;1H. The molecule has 1 aromatic heterocycles. The van der Waals surface area contributed by atoms with Crippen LogP contribution in [0.1, 0.15) is 24.2 Å². The maximum atomic E-state index is 4.51. The third-order valence-electron chi connectivity index (χ3n) is 3.08. The van der Waals surface area contributed by atoms with Crippen LogP contribution in [-0.4, -0.2) is 36.1 Å². The summed E-state index contributed by atoms with van der Waals surface area (Å²) in [5.74, 6) is 0.887. The largest absolute Gasteiger partial charge is 0.339 e. The Morgan fingerprint density at radius 3 is 2.53 bits per heavy atom. The molecule has 1 unspecified atom stereocenters. The quantitative estimate of drug-likeness (QED) is 0.875. The second-order valence-corrected chi connectivity index (χ2v) is 4.52. The normalized spacial score (nSPS) is 19.9.